The zero-order valence-electron chi connectivity index (χ0n) is 10.8. The molecule has 3 amide bonds. The summed E-state index contributed by atoms with van der Waals surface area (Å²) in [5.74, 6) is -0.392. The molecule has 2 rings (SSSR count). The van der Waals surface area contributed by atoms with Gasteiger partial charge in [-0.2, -0.15) is 0 Å². The summed E-state index contributed by atoms with van der Waals surface area (Å²) in [4.78, 5) is 24.1. The second-order valence-corrected chi connectivity index (χ2v) is 4.76. The minimum absolute atomic E-state index is 0.00231. The van der Waals surface area contributed by atoms with Crippen molar-refractivity contribution in [2.24, 2.45) is 11.5 Å². The Kier molecular flexibility index (Phi) is 3.71. The lowest BCUT2D eigenvalue weighted by molar-refractivity contribution is -0.118. The van der Waals surface area contributed by atoms with Crippen molar-refractivity contribution in [3.8, 4) is 0 Å². The van der Waals surface area contributed by atoms with E-state index in [2.05, 4.69) is 11.4 Å². The molecule has 19 heavy (non-hydrogen) atoms. The summed E-state index contributed by atoms with van der Waals surface area (Å²) in [6.45, 7) is 2.83. The number of carbonyl (C=O) groups is 2. The Labute approximate surface area is 111 Å². The molecule has 0 fully saturated rings. The zero-order chi connectivity index (χ0) is 14.0. The van der Waals surface area contributed by atoms with Gasteiger partial charge in [-0.3, -0.25) is 10.1 Å². The number of amides is 3. The van der Waals surface area contributed by atoms with Crippen LogP contribution in [0.15, 0.2) is 18.2 Å². The molecule has 1 aliphatic heterocycles. The predicted octanol–water partition coefficient (Wildman–Crippen LogP) is 0.264. The molecule has 5 N–H and O–H groups in total. The Morgan fingerprint density at radius 2 is 2.21 bits per heavy atom. The highest BCUT2D eigenvalue weighted by molar-refractivity contribution is 5.96. The molecule has 0 spiro atoms. The number of hydrogen-bond acceptors (Lipinski definition) is 4. The monoisotopic (exact) mass is 262 g/mol. The van der Waals surface area contributed by atoms with E-state index < -0.39 is 11.9 Å². The number of anilines is 1. The summed E-state index contributed by atoms with van der Waals surface area (Å²) >= 11 is 0. The van der Waals surface area contributed by atoms with Gasteiger partial charge in [0.15, 0.2) is 0 Å². The molecule has 1 aromatic carbocycles. The van der Waals surface area contributed by atoms with Gasteiger partial charge in [0, 0.05) is 18.3 Å². The van der Waals surface area contributed by atoms with Crippen LogP contribution in [0.25, 0.3) is 0 Å². The van der Waals surface area contributed by atoms with Crippen LogP contribution in [0.2, 0.25) is 0 Å². The molecule has 1 heterocycles. The number of rotatable bonds is 3. The lowest BCUT2D eigenvalue weighted by Crippen LogP contribution is -2.41. The van der Waals surface area contributed by atoms with Crippen LogP contribution in [0.4, 0.5) is 10.5 Å². The van der Waals surface area contributed by atoms with Gasteiger partial charge in [-0.15, -0.1) is 0 Å². The average molecular weight is 262 g/mol. The highest BCUT2D eigenvalue weighted by Gasteiger charge is 2.22. The molecule has 0 saturated carbocycles. The minimum Gasteiger partial charge on any atom is -0.362 e. The first-order valence-electron chi connectivity index (χ1n) is 6.20. The van der Waals surface area contributed by atoms with E-state index in [1.807, 2.05) is 24.0 Å². The molecule has 102 valence electrons. The molecule has 0 aromatic heterocycles. The van der Waals surface area contributed by atoms with E-state index >= 15 is 0 Å². The van der Waals surface area contributed by atoms with Crippen LogP contribution in [0.1, 0.15) is 24.1 Å². The van der Waals surface area contributed by atoms with E-state index in [9.17, 15) is 9.59 Å². The Bertz CT molecular complexity index is 513. The van der Waals surface area contributed by atoms with Crippen molar-refractivity contribution in [1.82, 2.24) is 5.32 Å². The van der Waals surface area contributed by atoms with E-state index in [4.69, 9.17) is 11.5 Å². The van der Waals surface area contributed by atoms with Crippen molar-refractivity contribution in [2.75, 3.05) is 18.0 Å². The predicted molar refractivity (Wildman–Crippen MR) is 72.7 cm³/mol. The van der Waals surface area contributed by atoms with Crippen molar-refractivity contribution in [3.05, 3.63) is 29.3 Å². The van der Waals surface area contributed by atoms with E-state index in [0.717, 1.165) is 24.2 Å². The second-order valence-electron chi connectivity index (χ2n) is 4.76. The fourth-order valence-corrected chi connectivity index (χ4v) is 2.29. The molecule has 0 aliphatic carbocycles. The third-order valence-electron chi connectivity index (χ3n) is 3.22. The number of nitrogens with zero attached hydrogens (tertiary/aromatic N) is 1. The van der Waals surface area contributed by atoms with Crippen molar-refractivity contribution >= 4 is 17.6 Å². The van der Waals surface area contributed by atoms with Crippen molar-refractivity contribution in [1.29, 1.82) is 0 Å². The van der Waals surface area contributed by atoms with Gasteiger partial charge in [0.25, 0.3) is 0 Å². The number of nitrogens with one attached hydrogen (secondary N) is 1. The number of hydrogen-bond donors (Lipinski definition) is 3. The number of carbonyl (C=O) groups excluding carboxylic acids is 2. The lowest BCUT2D eigenvalue weighted by Gasteiger charge is -2.18. The fourth-order valence-electron chi connectivity index (χ4n) is 2.29. The summed E-state index contributed by atoms with van der Waals surface area (Å²) < 4.78 is 0. The first-order chi connectivity index (χ1) is 8.97. The Hall–Kier alpha value is -2.08. The van der Waals surface area contributed by atoms with Gasteiger partial charge in [0.2, 0.25) is 5.91 Å². The van der Waals surface area contributed by atoms with Gasteiger partial charge < -0.3 is 16.4 Å². The van der Waals surface area contributed by atoms with Crippen molar-refractivity contribution in [2.45, 2.75) is 19.4 Å². The van der Waals surface area contributed by atoms with Gasteiger partial charge in [0.05, 0.1) is 6.54 Å². The largest absolute Gasteiger partial charge is 0.362 e. The summed E-state index contributed by atoms with van der Waals surface area (Å²) in [5.41, 5.74) is 14.0. The number of fused-ring (bicyclic) bond motifs is 1. The second kappa shape index (κ2) is 5.27. The summed E-state index contributed by atoms with van der Waals surface area (Å²) in [7, 11) is 0. The van der Waals surface area contributed by atoms with Gasteiger partial charge in [-0.1, -0.05) is 12.1 Å². The number of benzene rings is 1. The van der Waals surface area contributed by atoms with E-state index in [1.54, 1.807) is 0 Å². The van der Waals surface area contributed by atoms with E-state index in [1.165, 1.54) is 5.56 Å². The number of primary amides is 1. The molecule has 1 atom stereocenters. The molecule has 6 nitrogen and oxygen atoms in total. The summed E-state index contributed by atoms with van der Waals surface area (Å²) in [6, 6.07) is 5.19. The normalized spacial score (nSPS) is 14.9. The molecule has 1 aromatic rings. The van der Waals surface area contributed by atoms with Gasteiger partial charge in [-0.05, 0) is 30.5 Å². The van der Waals surface area contributed by atoms with Crippen LogP contribution >= 0.6 is 0 Å². The van der Waals surface area contributed by atoms with Gasteiger partial charge >= 0.3 is 6.03 Å². The molecule has 0 saturated heterocycles. The van der Waals surface area contributed by atoms with Crippen molar-refractivity contribution < 1.29 is 9.59 Å². The molecular formula is C13H18N4O2. The standard InChI is InChI=1S/C13H18N4O2/c1-8(14)9-2-3-11-10(6-9)4-5-17(11)7-12(18)16-13(15)19/h2-3,6,8H,4-5,7,14H2,1H3,(H3,15,16,18,19). The fraction of sp³-hybridized carbons (Fsp3) is 0.385. The summed E-state index contributed by atoms with van der Waals surface area (Å²) in [5, 5.41) is 2.07. The van der Waals surface area contributed by atoms with Crippen LogP contribution < -0.4 is 21.7 Å². The molecular weight excluding hydrogens is 244 g/mol. The van der Waals surface area contributed by atoms with E-state index in [-0.39, 0.29) is 12.6 Å². The maximum absolute atomic E-state index is 11.5. The smallest absolute Gasteiger partial charge is 0.318 e. The van der Waals surface area contributed by atoms with Crippen LogP contribution in [0.5, 0.6) is 0 Å². The molecule has 0 bridgehead atoms. The number of urea groups is 1. The van der Waals surface area contributed by atoms with Gasteiger partial charge in [0.1, 0.15) is 0 Å². The third-order valence-corrected chi connectivity index (χ3v) is 3.22. The van der Waals surface area contributed by atoms with E-state index in [0.29, 0.717) is 0 Å². The highest BCUT2D eigenvalue weighted by atomic mass is 16.2. The molecule has 1 aliphatic rings. The topological polar surface area (TPSA) is 101 Å². The Balaban J connectivity index is 2.10. The lowest BCUT2D eigenvalue weighted by atomic mass is 10.0. The van der Waals surface area contributed by atoms with Crippen molar-refractivity contribution in [3.63, 3.8) is 0 Å². The Morgan fingerprint density at radius 1 is 1.47 bits per heavy atom. The average Bonchev–Trinajstić information content (AvgIpc) is 2.70. The first-order valence-corrected chi connectivity index (χ1v) is 6.20. The van der Waals surface area contributed by atoms with Crippen LogP contribution in [0.3, 0.4) is 0 Å². The van der Waals surface area contributed by atoms with Crippen LogP contribution in [-0.4, -0.2) is 25.0 Å². The number of imide groups is 1. The maximum atomic E-state index is 11.5. The Morgan fingerprint density at radius 3 is 2.84 bits per heavy atom. The molecule has 6 heteroatoms. The molecule has 1 unspecified atom stereocenters. The van der Waals surface area contributed by atoms with Gasteiger partial charge in [-0.25, -0.2) is 4.79 Å². The zero-order valence-corrected chi connectivity index (χ0v) is 10.8. The van der Waals surface area contributed by atoms with Crippen LogP contribution in [0, 0.1) is 0 Å². The third kappa shape index (κ3) is 3.03. The first kappa shape index (κ1) is 13.4. The number of nitrogens with two attached hydrogens (primary N) is 2. The maximum Gasteiger partial charge on any atom is 0.318 e. The quantitative estimate of drug-likeness (QED) is 0.727. The minimum atomic E-state index is -0.822. The summed E-state index contributed by atoms with van der Waals surface area (Å²) in [6.07, 6.45) is 0.875. The molecule has 0 radical (unpaired) electrons. The highest BCUT2D eigenvalue weighted by Crippen LogP contribution is 2.29. The van der Waals surface area contributed by atoms with Crippen LogP contribution in [-0.2, 0) is 11.2 Å². The SMILES string of the molecule is CC(N)c1ccc2c(c1)CCN2CC(=O)NC(N)=O.